The number of hydrogen-bond donors (Lipinski definition) is 2. The third-order valence-electron chi connectivity index (χ3n) is 4.82. The third-order valence-corrected chi connectivity index (χ3v) is 7.60. The zero-order valence-corrected chi connectivity index (χ0v) is 21.9. The minimum absolute atomic E-state index is 0.0724. The molecule has 0 saturated heterocycles. The van der Waals surface area contributed by atoms with Crippen LogP contribution in [0.25, 0.3) is 0 Å². The number of amides is 1. The lowest BCUT2D eigenvalue weighted by molar-refractivity contribution is -0.115. The van der Waals surface area contributed by atoms with E-state index in [1.807, 2.05) is 12.1 Å². The first-order valence-corrected chi connectivity index (χ1v) is 13.1. The Morgan fingerprint density at radius 1 is 0.886 bits per heavy atom. The SMILES string of the molecule is COc1cc(NS(=O)(=O)c2ccc(NC(=O)[C@@H](C)Sc3ccc(Cl)cc3)cc2OC)cc(OC)c1. The number of anilines is 2. The van der Waals surface area contributed by atoms with Gasteiger partial charge in [-0.1, -0.05) is 11.6 Å². The van der Waals surface area contributed by atoms with Gasteiger partial charge in [0.15, 0.2) is 0 Å². The highest BCUT2D eigenvalue weighted by atomic mass is 35.5. The highest BCUT2D eigenvalue weighted by Crippen LogP contribution is 2.32. The summed E-state index contributed by atoms with van der Waals surface area (Å²) in [6, 6.07) is 16.2. The Bertz CT molecular complexity index is 1280. The average molecular weight is 537 g/mol. The fraction of sp³-hybridized carbons (Fsp3) is 0.208. The first kappa shape index (κ1) is 26.5. The molecule has 0 heterocycles. The van der Waals surface area contributed by atoms with Crippen LogP contribution in [0.1, 0.15) is 6.92 Å². The van der Waals surface area contributed by atoms with Crippen molar-refractivity contribution in [2.45, 2.75) is 22.0 Å². The molecule has 1 atom stereocenters. The van der Waals surface area contributed by atoms with Crippen molar-refractivity contribution in [3.8, 4) is 17.2 Å². The van der Waals surface area contributed by atoms with E-state index in [2.05, 4.69) is 10.0 Å². The van der Waals surface area contributed by atoms with Gasteiger partial charge in [-0.3, -0.25) is 9.52 Å². The maximum Gasteiger partial charge on any atom is 0.265 e. The van der Waals surface area contributed by atoms with E-state index in [1.54, 1.807) is 25.1 Å². The Morgan fingerprint density at radius 2 is 1.51 bits per heavy atom. The molecule has 0 aliphatic rings. The Hall–Kier alpha value is -3.08. The molecule has 0 fully saturated rings. The van der Waals surface area contributed by atoms with Crippen LogP contribution in [0.5, 0.6) is 17.2 Å². The lowest BCUT2D eigenvalue weighted by atomic mass is 10.3. The third kappa shape index (κ3) is 6.97. The zero-order chi connectivity index (χ0) is 25.6. The lowest BCUT2D eigenvalue weighted by Gasteiger charge is -2.16. The number of halogens is 1. The summed E-state index contributed by atoms with van der Waals surface area (Å²) in [5, 5.41) is 3.00. The summed E-state index contributed by atoms with van der Waals surface area (Å²) in [5.41, 5.74) is 0.658. The number of carbonyl (C=O) groups excluding carboxylic acids is 1. The Kier molecular flexibility index (Phi) is 8.76. The summed E-state index contributed by atoms with van der Waals surface area (Å²) in [6.07, 6.45) is 0. The molecule has 0 radical (unpaired) electrons. The number of sulfonamides is 1. The van der Waals surface area contributed by atoms with Crippen LogP contribution in [0.4, 0.5) is 11.4 Å². The zero-order valence-electron chi connectivity index (χ0n) is 19.5. The van der Waals surface area contributed by atoms with E-state index in [9.17, 15) is 13.2 Å². The normalized spacial score (nSPS) is 11.9. The van der Waals surface area contributed by atoms with Crippen LogP contribution in [0.3, 0.4) is 0 Å². The first-order chi connectivity index (χ1) is 16.6. The predicted molar refractivity (Wildman–Crippen MR) is 139 cm³/mol. The van der Waals surface area contributed by atoms with Gasteiger partial charge in [0.1, 0.15) is 22.1 Å². The highest BCUT2D eigenvalue weighted by Gasteiger charge is 2.22. The summed E-state index contributed by atoms with van der Waals surface area (Å²) in [4.78, 5) is 13.5. The smallest absolute Gasteiger partial charge is 0.265 e. The van der Waals surface area contributed by atoms with Crippen molar-refractivity contribution in [3.05, 3.63) is 65.7 Å². The van der Waals surface area contributed by atoms with Crippen LogP contribution in [-0.4, -0.2) is 40.9 Å². The predicted octanol–water partition coefficient (Wildman–Crippen LogP) is 5.29. The van der Waals surface area contributed by atoms with Gasteiger partial charge in [-0.15, -0.1) is 11.8 Å². The molecule has 0 bridgehead atoms. The molecular weight excluding hydrogens is 512 g/mol. The van der Waals surface area contributed by atoms with Gasteiger partial charge < -0.3 is 19.5 Å². The van der Waals surface area contributed by atoms with E-state index in [1.165, 1.54) is 63.4 Å². The molecule has 0 spiro atoms. The average Bonchev–Trinajstić information content (AvgIpc) is 2.84. The topological polar surface area (TPSA) is 103 Å². The van der Waals surface area contributed by atoms with Crippen LogP contribution < -0.4 is 24.2 Å². The van der Waals surface area contributed by atoms with Crippen molar-refractivity contribution in [2.75, 3.05) is 31.4 Å². The number of rotatable bonds is 10. The largest absolute Gasteiger partial charge is 0.497 e. The maximum absolute atomic E-state index is 13.1. The van der Waals surface area contributed by atoms with Gasteiger partial charge in [0.05, 0.1) is 32.3 Å². The second kappa shape index (κ2) is 11.6. The van der Waals surface area contributed by atoms with Gasteiger partial charge in [0.2, 0.25) is 5.91 Å². The molecule has 11 heteroatoms. The number of benzene rings is 3. The second-order valence-corrected chi connectivity index (χ2v) is 10.8. The van der Waals surface area contributed by atoms with Crippen molar-refractivity contribution in [3.63, 3.8) is 0 Å². The minimum atomic E-state index is -4.03. The molecular formula is C24H25ClN2O6S2. The second-order valence-electron chi connectivity index (χ2n) is 7.28. The van der Waals surface area contributed by atoms with Crippen LogP contribution in [0.15, 0.2) is 70.5 Å². The molecule has 1 amide bonds. The number of hydrogen-bond acceptors (Lipinski definition) is 7. The summed E-state index contributed by atoms with van der Waals surface area (Å²) in [7, 11) is 0.269. The number of methoxy groups -OCH3 is 3. The van der Waals surface area contributed by atoms with Crippen molar-refractivity contribution in [2.24, 2.45) is 0 Å². The molecule has 3 aromatic carbocycles. The molecule has 0 saturated carbocycles. The van der Waals surface area contributed by atoms with E-state index in [0.717, 1.165) is 4.90 Å². The van der Waals surface area contributed by atoms with E-state index in [-0.39, 0.29) is 22.2 Å². The first-order valence-electron chi connectivity index (χ1n) is 10.3. The maximum atomic E-state index is 13.1. The lowest BCUT2D eigenvalue weighted by Crippen LogP contribution is -2.22. The van der Waals surface area contributed by atoms with Gasteiger partial charge in [-0.05, 0) is 43.3 Å². The molecule has 0 aromatic heterocycles. The fourth-order valence-corrected chi connectivity index (χ4v) is 5.24. The number of carbonyl (C=O) groups is 1. The summed E-state index contributed by atoms with van der Waals surface area (Å²) < 4.78 is 44.3. The van der Waals surface area contributed by atoms with Crippen molar-refractivity contribution >= 4 is 50.7 Å². The summed E-state index contributed by atoms with van der Waals surface area (Å²) in [6.45, 7) is 1.77. The minimum Gasteiger partial charge on any atom is -0.497 e. The summed E-state index contributed by atoms with van der Waals surface area (Å²) in [5.74, 6) is 0.683. The van der Waals surface area contributed by atoms with Crippen LogP contribution >= 0.6 is 23.4 Å². The van der Waals surface area contributed by atoms with E-state index in [0.29, 0.717) is 22.2 Å². The summed E-state index contributed by atoms with van der Waals surface area (Å²) >= 11 is 7.28. The Labute approximate surface area is 214 Å². The Morgan fingerprint density at radius 3 is 2.09 bits per heavy atom. The molecule has 8 nitrogen and oxygen atoms in total. The number of ether oxygens (including phenoxy) is 3. The highest BCUT2D eigenvalue weighted by molar-refractivity contribution is 8.00. The van der Waals surface area contributed by atoms with Gasteiger partial charge >= 0.3 is 0 Å². The number of nitrogens with one attached hydrogen (secondary N) is 2. The Balaban J connectivity index is 1.77. The monoisotopic (exact) mass is 536 g/mol. The van der Waals surface area contributed by atoms with Gasteiger partial charge in [-0.25, -0.2) is 8.42 Å². The molecule has 3 aromatic rings. The molecule has 0 aliphatic heterocycles. The van der Waals surface area contributed by atoms with E-state index in [4.69, 9.17) is 25.8 Å². The van der Waals surface area contributed by atoms with Gasteiger partial charge in [0.25, 0.3) is 10.0 Å². The van der Waals surface area contributed by atoms with Crippen molar-refractivity contribution in [1.29, 1.82) is 0 Å². The molecule has 3 rings (SSSR count). The van der Waals surface area contributed by atoms with E-state index < -0.39 is 15.3 Å². The fourth-order valence-electron chi connectivity index (χ4n) is 3.06. The van der Waals surface area contributed by atoms with E-state index >= 15 is 0 Å². The standard InChI is InChI=1S/C24H25ClN2O6S2/c1-15(34-21-8-5-16(25)6-9-21)24(28)26-17-7-10-23(22(13-17)33-4)35(29,30)27-18-11-19(31-2)14-20(12-18)32-3/h5-15,27H,1-4H3,(H,26,28)/t15-/m1/s1. The van der Waals surface area contributed by atoms with Crippen LogP contribution in [0.2, 0.25) is 5.02 Å². The molecule has 0 unspecified atom stereocenters. The van der Waals surface area contributed by atoms with Gasteiger partial charge in [0, 0.05) is 39.9 Å². The molecule has 2 N–H and O–H groups in total. The van der Waals surface area contributed by atoms with Crippen molar-refractivity contribution < 1.29 is 27.4 Å². The molecule has 0 aliphatic carbocycles. The number of thioether (sulfide) groups is 1. The van der Waals surface area contributed by atoms with Gasteiger partial charge in [-0.2, -0.15) is 0 Å². The van der Waals surface area contributed by atoms with Crippen molar-refractivity contribution in [1.82, 2.24) is 0 Å². The van der Waals surface area contributed by atoms with Crippen LogP contribution in [0, 0.1) is 0 Å². The molecule has 186 valence electrons. The quantitative estimate of drug-likeness (QED) is 0.339. The molecule has 35 heavy (non-hydrogen) atoms. The van der Waals surface area contributed by atoms with Crippen LogP contribution in [-0.2, 0) is 14.8 Å².